The Hall–Kier alpha value is -3.75. The molecule has 0 spiro atoms. The average Bonchev–Trinajstić information content (AvgIpc) is 3.36. The van der Waals surface area contributed by atoms with Crippen molar-refractivity contribution in [1.29, 1.82) is 0 Å². The third-order valence-corrected chi connectivity index (χ3v) is 9.64. The standard InChI is InChI=1S/C34H40N4O3S.CH4/c1-24(2)38-26(4)35-22-30(38)23-37(34(39)20-25(3)27-12-7-5-8-13-27)29-19-18-28-14-11-17-33(32(28)21-29)36-42(40,41)31-15-9-6-10-16-31;/h5-10,12-13,15-16,18-19,21-22,24-25,33,36H,11,14,17,20,23H2,1-4H3;1H4/t25-,33+;/m1./s1. The maximum atomic E-state index is 14.1. The van der Waals surface area contributed by atoms with E-state index in [0.29, 0.717) is 19.4 Å². The molecule has 0 aliphatic heterocycles. The number of hydrogen-bond acceptors (Lipinski definition) is 4. The molecular formula is C35H44N4O3S. The van der Waals surface area contributed by atoms with Gasteiger partial charge >= 0.3 is 0 Å². The number of fused-ring (bicyclic) bond motifs is 1. The number of amides is 1. The highest BCUT2D eigenvalue weighted by molar-refractivity contribution is 7.89. The van der Waals surface area contributed by atoms with E-state index in [1.807, 2.05) is 48.4 Å². The van der Waals surface area contributed by atoms with Crippen LogP contribution in [0.1, 0.15) is 93.7 Å². The second kappa shape index (κ2) is 13.7. The number of hydrogen-bond donors (Lipinski definition) is 1. The predicted molar refractivity (Wildman–Crippen MR) is 174 cm³/mol. The van der Waals surface area contributed by atoms with E-state index < -0.39 is 10.0 Å². The van der Waals surface area contributed by atoms with E-state index in [4.69, 9.17) is 0 Å². The van der Waals surface area contributed by atoms with Crippen molar-refractivity contribution >= 4 is 21.6 Å². The summed E-state index contributed by atoms with van der Waals surface area (Å²) in [6, 6.07) is 24.5. The minimum atomic E-state index is -3.70. The number of imidazole rings is 1. The van der Waals surface area contributed by atoms with Crippen molar-refractivity contribution in [3.63, 3.8) is 0 Å². The van der Waals surface area contributed by atoms with Crippen LogP contribution in [0.15, 0.2) is 90.0 Å². The summed E-state index contributed by atoms with van der Waals surface area (Å²) in [6.07, 6.45) is 4.65. The Kier molecular flexibility index (Phi) is 10.2. The summed E-state index contributed by atoms with van der Waals surface area (Å²) in [5.74, 6) is 0.963. The molecule has 3 aromatic carbocycles. The number of nitrogens with one attached hydrogen (secondary N) is 1. The van der Waals surface area contributed by atoms with Crippen molar-refractivity contribution in [2.75, 3.05) is 4.90 Å². The fourth-order valence-corrected chi connectivity index (χ4v) is 7.28. The Morgan fingerprint density at radius 3 is 2.37 bits per heavy atom. The number of aryl methyl sites for hydroxylation is 2. The molecule has 1 aromatic heterocycles. The third-order valence-electron chi connectivity index (χ3n) is 8.15. The molecule has 0 saturated carbocycles. The highest BCUT2D eigenvalue weighted by Crippen LogP contribution is 2.35. The second-order valence-electron chi connectivity index (χ2n) is 11.5. The van der Waals surface area contributed by atoms with Crippen LogP contribution in [0.4, 0.5) is 5.69 Å². The van der Waals surface area contributed by atoms with Crippen LogP contribution in [0.5, 0.6) is 0 Å². The number of anilines is 1. The summed E-state index contributed by atoms with van der Waals surface area (Å²) < 4.78 is 31.6. The van der Waals surface area contributed by atoms with Crippen LogP contribution in [0.3, 0.4) is 0 Å². The summed E-state index contributed by atoms with van der Waals surface area (Å²) in [5, 5.41) is 0. The van der Waals surface area contributed by atoms with Crippen LogP contribution in [-0.4, -0.2) is 23.9 Å². The molecule has 0 fully saturated rings. The van der Waals surface area contributed by atoms with E-state index in [1.165, 1.54) is 0 Å². The van der Waals surface area contributed by atoms with Gasteiger partial charge in [0.25, 0.3) is 0 Å². The lowest BCUT2D eigenvalue weighted by Gasteiger charge is -2.30. The van der Waals surface area contributed by atoms with Gasteiger partial charge in [0.2, 0.25) is 15.9 Å². The number of benzene rings is 3. The van der Waals surface area contributed by atoms with E-state index in [1.54, 1.807) is 30.3 Å². The summed E-state index contributed by atoms with van der Waals surface area (Å²) in [7, 11) is -3.70. The molecule has 1 heterocycles. The molecule has 0 radical (unpaired) electrons. The molecule has 7 nitrogen and oxygen atoms in total. The first-order valence-corrected chi connectivity index (χ1v) is 16.2. The van der Waals surface area contributed by atoms with Gasteiger partial charge in [-0.05, 0) is 86.9 Å². The van der Waals surface area contributed by atoms with E-state index in [-0.39, 0.29) is 36.2 Å². The lowest BCUT2D eigenvalue weighted by Crippen LogP contribution is -2.34. The highest BCUT2D eigenvalue weighted by atomic mass is 32.2. The largest absolute Gasteiger partial charge is 0.328 e. The zero-order valence-electron chi connectivity index (χ0n) is 24.8. The van der Waals surface area contributed by atoms with Gasteiger partial charge in [-0.25, -0.2) is 18.1 Å². The Morgan fingerprint density at radius 1 is 1.02 bits per heavy atom. The number of sulfonamides is 1. The quantitative estimate of drug-likeness (QED) is 0.204. The molecule has 1 amide bonds. The fraction of sp³-hybridized carbons (Fsp3) is 0.371. The molecule has 228 valence electrons. The maximum Gasteiger partial charge on any atom is 0.241 e. The number of aromatic nitrogens is 2. The van der Waals surface area contributed by atoms with Crippen molar-refractivity contribution in [2.45, 2.75) is 90.2 Å². The lowest BCUT2D eigenvalue weighted by atomic mass is 9.87. The van der Waals surface area contributed by atoms with Crippen molar-refractivity contribution in [3.05, 3.63) is 113 Å². The Labute approximate surface area is 257 Å². The minimum Gasteiger partial charge on any atom is -0.328 e. The van der Waals surface area contributed by atoms with Gasteiger partial charge < -0.3 is 9.47 Å². The molecule has 0 bridgehead atoms. The number of nitrogens with zero attached hydrogens (tertiary/aromatic N) is 3. The average molecular weight is 601 g/mol. The van der Waals surface area contributed by atoms with Crippen LogP contribution in [0.2, 0.25) is 0 Å². The van der Waals surface area contributed by atoms with E-state index in [2.05, 4.69) is 53.2 Å². The summed E-state index contributed by atoms with van der Waals surface area (Å²) in [5.41, 5.74) is 4.88. The zero-order chi connectivity index (χ0) is 29.9. The van der Waals surface area contributed by atoms with Gasteiger partial charge in [-0.15, -0.1) is 0 Å². The van der Waals surface area contributed by atoms with E-state index in [9.17, 15) is 13.2 Å². The lowest BCUT2D eigenvalue weighted by molar-refractivity contribution is -0.119. The number of carbonyl (C=O) groups is 1. The third kappa shape index (κ3) is 7.25. The summed E-state index contributed by atoms with van der Waals surface area (Å²) in [6.45, 7) is 8.66. The SMILES string of the molecule is C.Cc1ncc(CN(C(=O)C[C@@H](C)c2ccccc2)c2ccc3c(c2)[C@@H](NS(=O)(=O)c2ccccc2)CCC3)n1C(C)C. The van der Waals surface area contributed by atoms with Gasteiger partial charge in [0.05, 0.1) is 23.3 Å². The first-order valence-electron chi connectivity index (χ1n) is 14.7. The maximum absolute atomic E-state index is 14.1. The molecule has 2 atom stereocenters. The molecule has 8 heteroatoms. The van der Waals surface area contributed by atoms with Gasteiger partial charge in [0.1, 0.15) is 5.82 Å². The molecule has 4 aromatic rings. The normalized spacial score (nSPS) is 15.4. The van der Waals surface area contributed by atoms with Gasteiger partial charge in [-0.3, -0.25) is 4.79 Å². The van der Waals surface area contributed by atoms with Crippen LogP contribution in [0.25, 0.3) is 0 Å². The van der Waals surface area contributed by atoms with Crippen molar-refractivity contribution in [1.82, 2.24) is 14.3 Å². The smallest absolute Gasteiger partial charge is 0.241 e. The van der Waals surface area contributed by atoms with Gasteiger partial charge in [-0.1, -0.05) is 68.9 Å². The molecule has 1 aliphatic carbocycles. The predicted octanol–water partition coefficient (Wildman–Crippen LogP) is 7.49. The molecular weight excluding hydrogens is 556 g/mol. The topological polar surface area (TPSA) is 84.3 Å². The van der Waals surface area contributed by atoms with Crippen LogP contribution in [-0.2, 0) is 27.8 Å². The molecule has 0 unspecified atom stereocenters. The molecule has 0 saturated heterocycles. The number of rotatable bonds is 10. The minimum absolute atomic E-state index is 0. The molecule has 1 N–H and O–H groups in total. The molecule has 43 heavy (non-hydrogen) atoms. The Morgan fingerprint density at radius 2 is 1.70 bits per heavy atom. The van der Waals surface area contributed by atoms with Crippen molar-refractivity contribution in [3.8, 4) is 0 Å². The van der Waals surface area contributed by atoms with Crippen molar-refractivity contribution < 1.29 is 13.2 Å². The second-order valence-corrected chi connectivity index (χ2v) is 13.2. The van der Waals surface area contributed by atoms with Gasteiger partial charge in [0, 0.05) is 24.2 Å². The van der Waals surface area contributed by atoms with E-state index >= 15 is 0 Å². The summed E-state index contributed by atoms with van der Waals surface area (Å²) in [4.78, 5) is 20.7. The van der Waals surface area contributed by atoms with Gasteiger partial charge in [-0.2, -0.15) is 0 Å². The van der Waals surface area contributed by atoms with Gasteiger partial charge in [0.15, 0.2) is 0 Å². The highest BCUT2D eigenvalue weighted by Gasteiger charge is 2.28. The molecule has 1 aliphatic rings. The first-order chi connectivity index (χ1) is 20.1. The Balaban J connectivity index is 0.00000423. The Bertz CT molecular complexity index is 1630. The fourth-order valence-electron chi connectivity index (χ4n) is 6.01. The number of carbonyl (C=O) groups excluding carboxylic acids is 1. The zero-order valence-corrected chi connectivity index (χ0v) is 25.6. The molecule has 5 rings (SSSR count). The monoisotopic (exact) mass is 600 g/mol. The van der Waals surface area contributed by atoms with Crippen molar-refractivity contribution in [2.24, 2.45) is 0 Å². The first kappa shape index (κ1) is 32.2. The summed E-state index contributed by atoms with van der Waals surface area (Å²) >= 11 is 0. The van der Waals surface area contributed by atoms with Crippen LogP contribution < -0.4 is 9.62 Å². The van der Waals surface area contributed by atoms with E-state index in [0.717, 1.165) is 46.7 Å². The van der Waals surface area contributed by atoms with Crippen LogP contribution in [0, 0.1) is 6.92 Å². The van der Waals surface area contributed by atoms with Crippen LogP contribution >= 0.6 is 0 Å².